The Bertz CT molecular complexity index is 729. The fourth-order valence-corrected chi connectivity index (χ4v) is 4.16. The van der Waals surface area contributed by atoms with E-state index >= 15 is 0 Å². The normalized spacial score (nSPS) is 11.6. The SMILES string of the molecule is Cc1ccc(N)cc1S(=O)(=O)Cc1c(C)cccc1C. The van der Waals surface area contributed by atoms with Crippen LogP contribution in [0.4, 0.5) is 5.69 Å². The summed E-state index contributed by atoms with van der Waals surface area (Å²) < 4.78 is 25.2. The highest BCUT2D eigenvalue weighted by Crippen LogP contribution is 2.25. The molecule has 0 saturated carbocycles. The Balaban J connectivity index is 2.49. The van der Waals surface area contributed by atoms with Crippen molar-refractivity contribution in [1.29, 1.82) is 0 Å². The van der Waals surface area contributed by atoms with Gasteiger partial charge in [-0.25, -0.2) is 8.42 Å². The third kappa shape index (κ3) is 2.85. The van der Waals surface area contributed by atoms with Gasteiger partial charge in [0.1, 0.15) is 0 Å². The zero-order valence-electron chi connectivity index (χ0n) is 12.0. The predicted molar refractivity (Wildman–Crippen MR) is 82.4 cm³/mol. The molecule has 2 N–H and O–H groups in total. The Morgan fingerprint density at radius 2 is 1.55 bits per heavy atom. The van der Waals surface area contributed by atoms with Crippen LogP contribution >= 0.6 is 0 Å². The maximum atomic E-state index is 12.6. The predicted octanol–water partition coefficient (Wildman–Crippen LogP) is 3.17. The van der Waals surface area contributed by atoms with Gasteiger partial charge in [0.2, 0.25) is 0 Å². The van der Waals surface area contributed by atoms with E-state index in [-0.39, 0.29) is 5.75 Å². The number of hydrogen-bond donors (Lipinski definition) is 1. The Kier molecular flexibility index (Phi) is 3.86. The van der Waals surface area contributed by atoms with Gasteiger partial charge in [0.25, 0.3) is 0 Å². The average Bonchev–Trinajstić information content (AvgIpc) is 2.37. The summed E-state index contributed by atoms with van der Waals surface area (Å²) >= 11 is 0. The minimum Gasteiger partial charge on any atom is -0.399 e. The average molecular weight is 289 g/mol. The van der Waals surface area contributed by atoms with Crippen LogP contribution in [0.5, 0.6) is 0 Å². The topological polar surface area (TPSA) is 60.2 Å². The molecule has 4 heteroatoms. The summed E-state index contributed by atoms with van der Waals surface area (Å²) in [6.07, 6.45) is 0. The molecule has 0 spiro atoms. The van der Waals surface area contributed by atoms with Gasteiger partial charge >= 0.3 is 0 Å². The standard InChI is InChI=1S/C16H19NO2S/c1-11-5-4-6-12(2)15(11)10-20(18,19)16-9-14(17)8-7-13(16)3/h4-9H,10,17H2,1-3H3. The summed E-state index contributed by atoms with van der Waals surface area (Å²) in [5.41, 5.74) is 9.77. The van der Waals surface area contributed by atoms with Crippen molar-refractivity contribution >= 4 is 15.5 Å². The number of sulfone groups is 1. The molecule has 3 nitrogen and oxygen atoms in total. The van der Waals surface area contributed by atoms with E-state index in [4.69, 9.17) is 5.73 Å². The Hall–Kier alpha value is -1.81. The first-order valence-electron chi connectivity index (χ1n) is 6.45. The molecule has 0 atom stereocenters. The monoisotopic (exact) mass is 289 g/mol. The number of nitrogen functional groups attached to an aromatic ring is 1. The molecule has 0 aliphatic carbocycles. The summed E-state index contributed by atoms with van der Waals surface area (Å²) in [4.78, 5) is 0.320. The van der Waals surface area contributed by atoms with E-state index in [1.807, 2.05) is 32.0 Å². The van der Waals surface area contributed by atoms with E-state index < -0.39 is 9.84 Å². The van der Waals surface area contributed by atoms with Crippen molar-refractivity contribution in [2.75, 3.05) is 5.73 Å². The first-order valence-corrected chi connectivity index (χ1v) is 8.10. The second-order valence-corrected chi connectivity index (χ2v) is 7.11. The lowest BCUT2D eigenvalue weighted by molar-refractivity contribution is 0.594. The van der Waals surface area contributed by atoms with Crippen molar-refractivity contribution in [2.24, 2.45) is 0 Å². The van der Waals surface area contributed by atoms with Crippen LogP contribution in [0, 0.1) is 20.8 Å². The lowest BCUT2D eigenvalue weighted by atomic mass is 10.1. The van der Waals surface area contributed by atoms with E-state index in [1.54, 1.807) is 19.1 Å². The highest BCUT2D eigenvalue weighted by Gasteiger charge is 2.20. The molecule has 0 unspecified atom stereocenters. The van der Waals surface area contributed by atoms with Gasteiger partial charge in [-0.15, -0.1) is 0 Å². The molecule has 0 saturated heterocycles. The molecule has 0 heterocycles. The first-order chi connectivity index (χ1) is 9.31. The van der Waals surface area contributed by atoms with E-state index in [0.29, 0.717) is 10.6 Å². The molecule has 20 heavy (non-hydrogen) atoms. The third-order valence-corrected chi connectivity index (χ3v) is 5.30. The number of anilines is 1. The van der Waals surface area contributed by atoms with Gasteiger partial charge in [0, 0.05) is 5.69 Å². The highest BCUT2D eigenvalue weighted by atomic mass is 32.2. The van der Waals surface area contributed by atoms with Crippen LogP contribution in [0.2, 0.25) is 0 Å². The Labute approximate surface area is 120 Å². The van der Waals surface area contributed by atoms with Crippen LogP contribution in [0.25, 0.3) is 0 Å². The molecule has 0 aliphatic heterocycles. The lowest BCUT2D eigenvalue weighted by Crippen LogP contribution is -2.09. The fourth-order valence-electron chi connectivity index (χ4n) is 2.30. The van der Waals surface area contributed by atoms with Gasteiger partial charge in [-0.05, 0) is 55.2 Å². The Morgan fingerprint density at radius 3 is 2.15 bits per heavy atom. The molecular weight excluding hydrogens is 270 g/mol. The molecule has 2 aromatic carbocycles. The van der Waals surface area contributed by atoms with Crippen molar-refractivity contribution in [2.45, 2.75) is 31.4 Å². The molecule has 106 valence electrons. The van der Waals surface area contributed by atoms with Crippen LogP contribution in [-0.2, 0) is 15.6 Å². The highest BCUT2D eigenvalue weighted by molar-refractivity contribution is 7.90. The van der Waals surface area contributed by atoms with Gasteiger partial charge in [-0.2, -0.15) is 0 Å². The summed E-state index contributed by atoms with van der Waals surface area (Å²) in [7, 11) is -3.39. The van der Waals surface area contributed by atoms with Crippen LogP contribution < -0.4 is 5.73 Å². The van der Waals surface area contributed by atoms with Gasteiger partial charge in [0.15, 0.2) is 9.84 Å². The molecule has 2 aromatic rings. The van der Waals surface area contributed by atoms with E-state index in [9.17, 15) is 8.42 Å². The van der Waals surface area contributed by atoms with E-state index in [1.165, 1.54) is 6.07 Å². The van der Waals surface area contributed by atoms with Crippen LogP contribution in [0.15, 0.2) is 41.3 Å². The van der Waals surface area contributed by atoms with Crippen molar-refractivity contribution in [3.8, 4) is 0 Å². The van der Waals surface area contributed by atoms with Gasteiger partial charge in [-0.3, -0.25) is 0 Å². The molecule has 2 rings (SSSR count). The first kappa shape index (κ1) is 14.6. The smallest absolute Gasteiger partial charge is 0.182 e. The molecule has 0 aliphatic rings. The molecule has 0 bridgehead atoms. The quantitative estimate of drug-likeness (QED) is 0.883. The number of rotatable bonds is 3. The zero-order valence-corrected chi connectivity index (χ0v) is 12.8. The molecule has 0 radical (unpaired) electrons. The van der Waals surface area contributed by atoms with E-state index in [2.05, 4.69) is 0 Å². The van der Waals surface area contributed by atoms with Crippen molar-refractivity contribution in [3.05, 3.63) is 58.7 Å². The number of aryl methyl sites for hydroxylation is 3. The summed E-state index contributed by atoms with van der Waals surface area (Å²) in [6, 6.07) is 10.8. The number of nitrogens with two attached hydrogens (primary N) is 1. The van der Waals surface area contributed by atoms with Crippen LogP contribution in [0.1, 0.15) is 22.3 Å². The van der Waals surface area contributed by atoms with Gasteiger partial charge in [-0.1, -0.05) is 24.3 Å². The number of hydrogen-bond acceptors (Lipinski definition) is 3. The molecule has 0 aromatic heterocycles. The van der Waals surface area contributed by atoms with Crippen LogP contribution in [0.3, 0.4) is 0 Å². The van der Waals surface area contributed by atoms with Gasteiger partial charge in [0.05, 0.1) is 10.6 Å². The van der Waals surface area contributed by atoms with Crippen molar-refractivity contribution < 1.29 is 8.42 Å². The van der Waals surface area contributed by atoms with Gasteiger partial charge < -0.3 is 5.73 Å². The minimum absolute atomic E-state index is 0.00972. The third-order valence-electron chi connectivity index (χ3n) is 3.53. The second kappa shape index (κ2) is 5.29. The number of benzene rings is 2. The Morgan fingerprint density at radius 1 is 0.950 bits per heavy atom. The van der Waals surface area contributed by atoms with E-state index in [0.717, 1.165) is 22.3 Å². The molecular formula is C16H19NO2S. The minimum atomic E-state index is -3.39. The summed E-state index contributed by atoms with van der Waals surface area (Å²) in [5.74, 6) is 0.00972. The molecule has 0 amide bonds. The maximum absolute atomic E-state index is 12.6. The van der Waals surface area contributed by atoms with Crippen molar-refractivity contribution in [1.82, 2.24) is 0 Å². The fraction of sp³-hybridized carbons (Fsp3) is 0.250. The largest absolute Gasteiger partial charge is 0.399 e. The summed E-state index contributed by atoms with van der Waals surface area (Å²) in [6.45, 7) is 5.66. The second-order valence-electron chi connectivity index (χ2n) is 5.15. The maximum Gasteiger partial charge on any atom is 0.182 e. The summed E-state index contributed by atoms with van der Waals surface area (Å²) in [5, 5.41) is 0. The zero-order chi connectivity index (χ0) is 14.9. The van der Waals surface area contributed by atoms with Crippen LogP contribution in [-0.4, -0.2) is 8.42 Å². The molecule has 0 fully saturated rings. The van der Waals surface area contributed by atoms with Crippen molar-refractivity contribution in [3.63, 3.8) is 0 Å². The lowest BCUT2D eigenvalue weighted by Gasteiger charge is -2.12.